The summed E-state index contributed by atoms with van der Waals surface area (Å²) in [6.07, 6.45) is 8.33. The van der Waals surface area contributed by atoms with Gasteiger partial charge in [0.1, 0.15) is 12.2 Å². The van der Waals surface area contributed by atoms with Crippen molar-refractivity contribution in [1.29, 1.82) is 0 Å². The Kier molecular flexibility index (Phi) is 5.76. The van der Waals surface area contributed by atoms with E-state index in [0.29, 0.717) is 17.9 Å². The third-order valence-electron chi connectivity index (χ3n) is 6.30. The van der Waals surface area contributed by atoms with Crippen molar-refractivity contribution in [2.75, 3.05) is 0 Å². The van der Waals surface area contributed by atoms with E-state index in [1.165, 1.54) is 12.8 Å². The number of hydrogen-bond donors (Lipinski definition) is 0. The van der Waals surface area contributed by atoms with Gasteiger partial charge in [0.15, 0.2) is 0 Å². The third kappa shape index (κ3) is 3.47. The van der Waals surface area contributed by atoms with Gasteiger partial charge < -0.3 is 9.47 Å². The maximum absolute atomic E-state index is 6.63. The standard InChI is InChI=1S/C19H34O2/c1-7-16-11-18(15(6)13(4)14(16)5)21-19-12(3)9-10-20-17(19)8-2/h9-10,12-19H,7-8,11H2,1-6H3. The Morgan fingerprint density at radius 1 is 1.00 bits per heavy atom. The molecule has 8 atom stereocenters. The van der Waals surface area contributed by atoms with Crippen molar-refractivity contribution in [3.8, 4) is 0 Å². The van der Waals surface area contributed by atoms with Crippen LogP contribution in [-0.2, 0) is 9.47 Å². The Bertz CT molecular complexity index is 349. The second-order valence-corrected chi connectivity index (χ2v) is 7.39. The van der Waals surface area contributed by atoms with Gasteiger partial charge in [0.05, 0.1) is 12.4 Å². The summed E-state index contributed by atoms with van der Waals surface area (Å²) in [5.74, 6) is 3.44. The highest BCUT2D eigenvalue weighted by Crippen LogP contribution is 2.42. The number of ether oxygens (including phenoxy) is 2. The lowest BCUT2D eigenvalue weighted by Gasteiger charge is -2.46. The number of hydrogen-bond acceptors (Lipinski definition) is 2. The Morgan fingerprint density at radius 2 is 1.71 bits per heavy atom. The molecule has 0 aromatic carbocycles. The highest BCUT2D eigenvalue weighted by Gasteiger charge is 2.41. The summed E-state index contributed by atoms with van der Waals surface area (Å²) in [6, 6.07) is 0. The van der Waals surface area contributed by atoms with Crippen molar-refractivity contribution in [1.82, 2.24) is 0 Å². The summed E-state index contributed by atoms with van der Waals surface area (Å²) in [5.41, 5.74) is 0. The predicted molar refractivity (Wildman–Crippen MR) is 88.0 cm³/mol. The van der Waals surface area contributed by atoms with Gasteiger partial charge in [-0.15, -0.1) is 0 Å². The van der Waals surface area contributed by atoms with Gasteiger partial charge in [0.2, 0.25) is 0 Å². The van der Waals surface area contributed by atoms with Crippen LogP contribution in [0.15, 0.2) is 12.3 Å². The maximum atomic E-state index is 6.63. The van der Waals surface area contributed by atoms with Crippen molar-refractivity contribution in [2.24, 2.45) is 29.6 Å². The minimum absolute atomic E-state index is 0.213. The van der Waals surface area contributed by atoms with E-state index in [0.717, 1.165) is 24.2 Å². The van der Waals surface area contributed by atoms with Crippen LogP contribution in [0.25, 0.3) is 0 Å². The average Bonchev–Trinajstić information content (AvgIpc) is 2.49. The Morgan fingerprint density at radius 3 is 2.33 bits per heavy atom. The van der Waals surface area contributed by atoms with Crippen LogP contribution in [-0.4, -0.2) is 18.3 Å². The second-order valence-electron chi connectivity index (χ2n) is 7.39. The molecule has 2 heteroatoms. The Balaban J connectivity index is 2.08. The molecule has 1 aliphatic heterocycles. The summed E-state index contributed by atoms with van der Waals surface area (Å²) < 4.78 is 12.4. The Hall–Kier alpha value is -0.500. The highest BCUT2D eigenvalue weighted by atomic mass is 16.5. The van der Waals surface area contributed by atoms with Crippen LogP contribution in [0.1, 0.15) is 60.8 Å². The van der Waals surface area contributed by atoms with Gasteiger partial charge in [0.25, 0.3) is 0 Å². The largest absolute Gasteiger partial charge is 0.496 e. The molecule has 0 amide bonds. The van der Waals surface area contributed by atoms with Gasteiger partial charge >= 0.3 is 0 Å². The van der Waals surface area contributed by atoms with Crippen LogP contribution in [0.4, 0.5) is 0 Å². The first-order valence-electron chi connectivity index (χ1n) is 8.97. The van der Waals surface area contributed by atoms with Crippen LogP contribution in [0.2, 0.25) is 0 Å². The zero-order valence-corrected chi connectivity index (χ0v) is 14.7. The first kappa shape index (κ1) is 16.9. The molecule has 21 heavy (non-hydrogen) atoms. The summed E-state index contributed by atoms with van der Waals surface area (Å²) in [4.78, 5) is 0. The topological polar surface area (TPSA) is 18.5 Å². The van der Waals surface area contributed by atoms with Gasteiger partial charge in [-0.1, -0.05) is 48.0 Å². The fraction of sp³-hybridized carbons (Fsp3) is 0.895. The van der Waals surface area contributed by atoms with E-state index in [1.807, 2.05) is 6.26 Å². The van der Waals surface area contributed by atoms with Gasteiger partial charge in [0, 0.05) is 5.92 Å². The van der Waals surface area contributed by atoms with E-state index in [4.69, 9.17) is 9.47 Å². The van der Waals surface area contributed by atoms with Crippen molar-refractivity contribution in [3.63, 3.8) is 0 Å². The quantitative estimate of drug-likeness (QED) is 0.723. The van der Waals surface area contributed by atoms with E-state index in [1.54, 1.807) is 0 Å². The van der Waals surface area contributed by atoms with Crippen molar-refractivity contribution < 1.29 is 9.47 Å². The molecule has 0 spiro atoms. The molecule has 0 aromatic heterocycles. The van der Waals surface area contributed by atoms with Crippen molar-refractivity contribution in [3.05, 3.63) is 12.3 Å². The zero-order chi connectivity index (χ0) is 15.6. The van der Waals surface area contributed by atoms with E-state index < -0.39 is 0 Å². The van der Waals surface area contributed by atoms with Crippen LogP contribution in [0.3, 0.4) is 0 Å². The Labute approximate surface area is 131 Å². The van der Waals surface area contributed by atoms with Crippen molar-refractivity contribution in [2.45, 2.75) is 79.1 Å². The molecule has 2 aliphatic rings. The maximum Gasteiger partial charge on any atom is 0.124 e. The zero-order valence-electron chi connectivity index (χ0n) is 14.7. The van der Waals surface area contributed by atoms with Crippen LogP contribution in [0.5, 0.6) is 0 Å². The monoisotopic (exact) mass is 294 g/mol. The summed E-state index contributed by atoms with van der Waals surface area (Å²) in [6.45, 7) is 14.0. The molecule has 0 radical (unpaired) electrons. The molecule has 0 aromatic rings. The fourth-order valence-corrected chi connectivity index (χ4v) is 4.23. The molecule has 2 rings (SSSR count). The van der Waals surface area contributed by atoms with Crippen LogP contribution < -0.4 is 0 Å². The van der Waals surface area contributed by atoms with E-state index in [-0.39, 0.29) is 12.2 Å². The molecule has 8 unspecified atom stereocenters. The van der Waals surface area contributed by atoms with Gasteiger partial charge in [-0.3, -0.25) is 0 Å². The molecule has 0 N–H and O–H groups in total. The van der Waals surface area contributed by atoms with Gasteiger partial charge in [-0.25, -0.2) is 0 Å². The average molecular weight is 294 g/mol. The first-order valence-corrected chi connectivity index (χ1v) is 8.97. The summed E-state index contributed by atoms with van der Waals surface area (Å²) in [7, 11) is 0. The summed E-state index contributed by atoms with van der Waals surface area (Å²) >= 11 is 0. The van der Waals surface area contributed by atoms with Gasteiger partial charge in [-0.2, -0.15) is 0 Å². The molecular weight excluding hydrogens is 260 g/mol. The predicted octanol–water partition coefficient (Wildman–Crippen LogP) is 5.04. The van der Waals surface area contributed by atoms with Crippen LogP contribution in [0, 0.1) is 29.6 Å². The lowest BCUT2D eigenvalue weighted by atomic mass is 9.66. The molecular formula is C19H34O2. The molecule has 2 nitrogen and oxygen atoms in total. The highest BCUT2D eigenvalue weighted by molar-refractivity contribution is 4.96. The summed E-state index contributed by atoms with van der Waals surface area (Å²) in [5, 5.41) is 0. The van der Waals surface area contributed by atoms with Crippen molar-refractivity contribution >= 4 is 0 Å². The lowest BCUT2D eigenvalue weighted by Crippen LogP contribution is -2.46. The molecule has 1 heterocycles. The minimum Gasteiger partial charge on any atom is -0.496 e. The van der Waals surface area contributed by atoms with Crippen LogP contribution >= 0.6 is 0 Å². The fourth-order valence-electron chi connectivity index (χ4n) is 4.23. The molecule has 1 saturated carbocycles. The molecule has 1 aliphatic carbocycles. The molecule has 122 valence electrons. The second kappa shape index (κ2) is 7.17. The minimum atomic E-state index is 0.213. The molecule has 0 bridgehead atoms. The third-order valence-corrected chi connectivity index (χ3v) is 6.30. The molecule has 1 fully saturated rings. The lowest BCUT2D eigenvalue weighted by molar-refractivity contribution is -0.149. The molecule has 0 saturated heterocycles. The van der Waals surface area contributed by atoms with E-state index >= 15 is 0 Å². The SMILES string of the molecule is CCC1CC(OC2C(C)C=COC2CC)C(C)C(C)C1C. The van der Waals surface area contributed by atoms with Gasteiger partial charge in [-0.05, 0) is 42.6 Å². The van der Waals surface area contributed by atoms with E-state index in [9.17, 15) is 0 Å². The number of rotatable bonds is 4. The smallest absolute Gasteiger partial charge is 0.124 e. The normalized spacial score (nSPS) is 47.1. The van der Waals surface area contributed by atoms with E-state index in [2.05, 4.69) is 47.6 Å². The first-order chi connectivity index (χ1) is 9.99.